The summed E-state index contributed by atoms with van der Waals surface area (Å²) < 4.78 is 0. The molecular weight excluding hydrogens is 384 g/mol. The Kier molecular flexibility index (Phi) is 7.32. The number of halogens is 1. The van der Waals surface area contributed by atoms with Crippen LogP contribution in [-0.4, -0.2) is 35.8 Å². The van der Waals surface area contributed by atoms with Crippen LogP contribution in [0, 0.1) is 5.92 Å². The minimum absolute atomic E-state index is 0.0261. The summed E-state index contributed by atoms with van der Waals surface area (Å²) in [7, 11) is 0. The lowest BCUT2D eigenvalue weighted by Gasteiger charge is -2.36. The molecule has 29 heavy (non-hydrogen) atoms. The molecule has 1 N–H and O–H groups in total. The molecule has 0 aliphatic carbocycles. The lowest BCUT2D eigenvalue weighted by Crippen LogP contribution is -2.53. The van der Waals surface area contributed by atoms with Crippen molar-refractivity contribution in [1.29, 1.82) is 0 Å². The van der Waals surface area contributed by atoms with Gasteiger partial charge in [0.2, 0.25) is 5.91 Å². The Morgan fingerprint density at radius 1 is 1.07 bits per heavy atom. The Hall–Kier alpha value is -2.33. The Balaban J connectivity index is 1.64. The lowest BCUT2D eigenvalue weighted by atomic mass is 9.88. The van der Waals surface area contributed by atoms with Crippen molar-refractivity contribution in [2.45, 2.75) is 45.1 Å². The molecular formula is C24H29ClN2O2. The number of hydrogen-bond donors (Lipinski definition) is 1. The zero-order valence-electron chi connectivity index (χ0n) is 17.1. The summed E-state index contributed by atoms with van der Waals surface area (Å²) in [6.07, 6.45) is 2.67. The van der Waals surface area contributed by atoms with E-state index in [4.69, 9.17) is 11.6 Å². The van der Waals surface area contributed by atoms with E-state index in [1.54, 1.807) is 12.1 Å². The summed E-state index contributed by atoms with van der Waals surface area (Å²) >= 11 is 5.99. The number of hydrogen-bond acceptors (Lipinski definition) is 2. The molecule has 0 aromatic heterocycles. The van der Waals surface area contributed by atoms with E-state index in [2.05, 4.69) is 17.4 Å². The van der Waals surface area contributed by atoms with Crippen LogP contribution in [0.4, 0.5) is 0 Å². The second-order valence-corrected chi connectivity index (χ2v) is 8.29. The van der Waals surface area contributed by atoms with E-state index in [0.717, 1.165) is 24.3 Å². The van der Waals surface area contributed by atoms with Crippen LogP contribution in [0.2, 0.25) is 5.02 Å². The van der Waals surface area contributed by atoms with E-state index >= 15 is 0 Å². The lowest BCUT2D eigenvalue weighted by molar-refractivity contribution is -0.135. The Bertz CT molecular complexity index is 815. The van der Waals surface area contributed by atoms with Crippen molar-refractivity contribution in [2.24, 2.45) is 5.92 Å². The first kappa shape index (κ1) is 21.4. The van der Waals surface area contributed by atoms with Crippen LogP contribution in [0.15, 0.2) is 54.6 Å². The summed E-state index contributed by atoms with van der Waals surface area (Å²) in [6, 6.07) is 16.6. The summed E-state index contributed by atoms with van der Waals surface area (Å²) in [6.45, 7) is 5.49. The normalized spacial score (nSPS) is 16.9. The predicted molar refractivity (Wildman–Crippen MR) is 117 cm³/mol. The molecule has 0 saturated carbocycles. The smallest absolute Gasteiger partial charge is 0.251 e. The standard InChI is InChI=1S/C24H29ClN2O2/c1-3-17(2)22(26-23(28)20-7-5-4-6-8-20)24(29)27-15-13-19(14-16-27)18-9-11-21(25)12-10-18/h4-12,17,19,22H,3,13-16H2,1-2H3,(H,26,28). The number of carbonyl (C=O) groups is 2. The van der Waals surface area contributed by atoms with Gasteiger partial charge in [-0.15, -0.1) is 0 Å². The number of amides is 2. The highest BCUT2D eigenvalue weighted by molar-refractivity contribution is 6.30. The fraction of sp³-hybridized carbons (Fsp3) is 0.417. The van der Waals surface area contributed by atoms with Gasteiger partial charge < -0.3 is 10.2 Å². The van der Waals surface area contributed by atoms with Crippen LogP contribution >= 0.6 is 11.6 Å². The molecule has 2 atom stereocenters. The topological polar surface area (TPSA) is 49.4 Å². The summed E-state index contributed by atoms with van der Waals surface area (Å²) in [5.41, 5.74) is 1.85. The molecule has 1 heterocycles. The molecule has 2 amide bonds. The second-order valence-electron chi connectivity index (χ2n) is 7.85. The first-order valence-electron chi connectivity index (χ1n) is 10.4. The molecule has 0 spiro atoms. The molecule has 2 aromatic carbocycles. The molecule has 0 bridgehead atoms. The summed E-state index contributed by atoms with van der Waals surface area (Å²) in [4.78, 5) is 27.8. The van der Waals surface area contributed by atoms with Crippen molar-refractivity contribution in [3.05, 3.63) is 70.7 Å². The van der Waals surface area contributed by atoms with E-state index in [9.17, 15) is 9.59 Å². The summed E-state index contributed by atoms with van der Waals surface area (Å²) in [5.74, 6) is 0.347. The average molecular weight is 413 g/mol. The molecule has 2 unspecified atom stereocenters. The van der Waals surface area contributed by atoms with Crippen molar-refractivity contribution >= 4 is 23.4 Å². The largest absolute Gasteiger partial charge is 0.341 e. The SMILES string of the molecule is CCC(C)C(NC(=O)c1ccccc1)C(=O)N1CCC(c2ccc(Cl)cc2)CC1. The highest BCUT2D eigenvalue weighted by atomic mass is 35.5. The van der Waals surface area contributed by atoms with E-state index in [1.165, 1.54) is 5.56 Å². The quantitative estimate of drug-likeness (QED) is 0.734. The van der Waals surface area contributed by atoms with E-state index in [-0.39, 0.29) is 17.7 Å². The Labute approximate surface area is 178 Å². The maximum Gasteiger partial charge on any atom is 0.251 e. The molecule has 1 fully saturated rings. The van der Waals surface area contributed by atoms with Gasteiger partial charge in [-0.05, 0) is 54.5 Å². The van der Waals surface area contributed by atoms with Crippen molar-refractivity contribution in [2.75, 3.05) is 13.1 Å². The minimum Gasteiger partial charge on any atom is -0.341 e. The Morgan fingerprint density at radius 2 is 1.69 bits per heavy atom. The van der Waals surface area contributed by atoms with Gasteiger partial charge in [0.05, 0.1) is 0 Å². The summed E-state index contributed by atoms with van der Waals surface area (Å²) in [5, 5.41) is 3.73. The van der Waals surface area contributed by atoms with Gasteiger partial charge in [-0.25, -0.2) is 0 Å². The molecule has 3 rings (SSSR count). The van der Waals surface area contributed by atoms with Gasteiger partial charge in [-0.2, -0.15) is 0 Å². The number of carbonyl (C=O) groups excluding carboxylic acids is 2. The average Bonchev–Trinajstić information content (AvgIpc) is 2.77. The van der Waals surface area contributed by atoms with Crippen molar-refractivity contribution < 1.29 is 9.59 Å². The molecule has 154 valence electrons. The third-order valence-electron chi connectivity index (χ3n) is 5.95. The van der Waals surface area contributed by atoms with E-state index < -0.39 is 6.04 Å². The van der Waals surface area contributed by atoms with Crippen LogP contribution in [-0.2, 0) is 4.79 Å². The van der Waals surface area contributed by atoms with Gasteiger partial charge in [0.15, 0.2) is 0 Å². The molecule has 0 radical (unpaired) electrons. The maximum absolute atomic E-state index is 13.2. The fourth-order valence-corrected chi connectivity index (χ4v) is 3.99. The highest BCUT2D eigenvalue weighted by Crippen LogP contribution is 2.29. The first-order valence-corrected chi connectivity index (χ1v) is 10.8. The highest BCUT2D eigenvalue weighted by Gasteiger charge is 2.32. The van der Waals surface area contributed by atoms with Crippen molar-refractivity contribution in [1.82, 2.24) is 10.2 Å². The first-order chi connectivity index (χ1) is 14.0. The van der Waals surface area contributed by atoms with Crippen LogP contribution in [0.1, 0.15) is 54.9 Å². The van der Waals surface area contributed by atoms with Gasteiger partial charge in [-0.1, -0.05) is 62.2 Å². The van der Waals surface area contributed by atoms with E-state index in [1.807, 2.05) is 49.1 Å². The van der Waals surface area contributed by atoms with Gasteiger partial charge >= 0.3 is 0 Å². The molecule has 1 saturated heterocycles. The third-order valence-corrected chi connectivity index (χ3v) is 6.20. The molecule has 5 heteroatoms. The molecule has 1 aliphatic heterocycles. The van der Waals surface area contributed by atoms with Crippen molar-refractivity contribution in [3.8, 4) is 0 Å². The number of likely N-dealkylation sites (tertiary alicyclic amines) is 1. The minimum atomic E-state index is -0.500. The zero-order chi connectivity index (χ0) is 20.8. The number of piperidine rings is 1. The second kappa shape index (κ2) is 9.93. The number of rotatable bonds is 6. The third kappa shape index (κ3) is 5.39. The van der Waals surface area contributed by atoms with Crippen molar-refractivity contribution in [3.63, 3.8) is 0 Å². The van der Waals surface area contributed by atoms with Gasteiger partial charge in [0.1, 0.15) is 6.04 Å². The number of benzene rings is 2. The fourth-order valence-electron chi connectivity index (χ4n) is 3.86. The van der Waals surface area contributed by atoms with E-state index in [0.29, 0.717) is 24.6 Å². The van der Waals surface area contributed by atoms with Crippen LogP contribution in [0.3, 0.4) is 0 Å². The zero-order valence-corrected chi connectivity index (χ0v) is 17.9. The van der Waals surface area contributed by atoms with Gasteiger partial charge in [0.25, 0.3) is 5.91 Å². The maximum atomic E-state index is 13.2. The molecule has 1 aliphatic rings. The van der Waals surface area contributed by atoms with Crippen LogP contribution < -0.4 is 5.32 Å². The predicted octanol–water partition coefficient (Wildman–Crippen LogP) is 4.89. The van der Waals surface area contributed by atoms with Gasteiger partial charge in [0, 0.05) is 23.7 Å². The monoisotopic (exact) mass is 412 g/mol. The number of nitrogens with zero attached hydrogens (tertiary/aromatic N) is 1. The Morgan fingerprint density at radius 3 is 2.28 bits per heavy atom. The van der Waals surface area contributed by atoms with Crippen LogP contribution in [0.5, 0.6) is 0 Å². The number of nitrogens with one attached hydrogen (secondary N) is 1. The van der Waals surface area contributed by atoms with Gasteiger partial charge in [-0.3, -0.25) is 9.59 Å². The molecule has 2 aromatic rings. The molecule has 4 nitrogen and oxygen atoms in total. The van der Waals surface area contributed by atoms with Crippen LogP contribution in [0.25, 0.3) is 0 Å².